The molecule has 0 aromatic heterocycles. The van der Waals surface area contributed by atoms with Crippen LogP contribution in [-0.4, -0.2) is 50.4 Å². The monoisotopic (exact) mass is 405 g/mol. The Labute approximate surface area is 162 Å². The second-order valence-corrected chi connectivity index (χ2v) is 8.71. The molecule has 0 atom stereocenters. The number of hydrogen-bond donors (Lipinski definition) is 2. The summed E-state index contributed by atoms with van der Waals surface area (Å²) in [6, 6.07) is 13.1. The first-order valence-corrected chi connectivity index (χ1v) is 10.9. The molecule has 3 rings (SSSR count). The van der Waals surface area contributed by atoms with Gasteiger partial charge in [-0.25, -0.2) is 8.42 Å². The number of nitrogens with zero attached hydrogens (tertiary/aromatic N) is 1. The van der Waals surface area contributed by atoms with E-state index in [1.807, 2.05) is 30.5 Å². The molecule has 2 aromatic carbocycles. The number of amides is 2. The largest absolute Gasteiger partial charge is 0.354 e. The first-order chi connectivity index (χ1) is 12.9. The van der Waals surface area contributed by atoms with Crippen molar-refractivity contribution in [1.29, 1.82) is 0 Å². The first kappa shape index (κ1) is 19.4. The number of carbonyl (C=O) groups is 2. The van der Waals surface area contributed by atoms with Crippen LogP contribution in [0.4, 0.5) is 5.69 Å². The van der Waals surface area contributed by atoms with Crippen LogP contribution in [0.3, 0.4) is 0 Å². The average Bonchev–Trinajstić information content (AvgIpc) is 2.68. The van der Waals surface area contributed by atoms with Gasteiger partial charge in [0.1, 0.15) is 0 Å². The zero-order valence-electron chi connectivity index (χ0n) is 14.6. The number of thioether (sulfide) groups is 1. The summed E-state index contributed by atoms with van der Waals surface area (Å²) < 4.78 is 26.4. The van der Waals surface area contributed by atoms with Crippen molar-refractivity contribution < 1.29 is 18.0 Å². The lowest BCUT2D eigenvalue weighted by molar-refractivity contribution is -0.122. The predicted molar refractivity (Wildman–Crippen MR) is 104 cm³/mol. The van der Waals surface area contributed by atoms with Crippen molar-refractivity contribution in [3.63, 3.8) is 0 Å². The maximum absolute atomic E-state index is 12.6. The molecule has 27 heavy (non-hydrogen) atoms. The minimum Gasteiger partial charge on any atom is -0.354 e. The molecule has 1 aliphatic heterocycles. The van der Waals surface area contributed by atoms with Crippen molar-refractivity contribution >= 4 is 39.3 Å². The lowest BCUT2D eigenvalue weighted by Gasteiger charge is -2.25. The third kappa shape index (κ3) is 4.49. The molecule has 2 amide bonds. The number of rotatable bonds is 5. The summed E-state index contributed by atoms with van der Waals surface area (Å²) in [6.07, 6.45) is 1.97. The predicted octanol–water partition coefficient (Wildman–Crippen LogP) is 1.78. The highest BCUT2D eigenvalue weighted by atomic mass is 32.2. The lowest BCUT2D eigenvalue weighted by Crippen LogP contribution is -2.49. The summed E-state index contributed by atoms with van der Waals surface area (Å²) in [4.78, 5) is 24.9. The van der Waals surface area contributed by atoms with Crippen LogP contribution < -0.4 is 10.6 Å². The van der Waals surface area contributed by atoms with Crippen molar-refractivity contribution in [3.05, 3.63) is 54.1 Å². The third-order valence-corrected chi connectivity index (χ3v) is 6.71. The molecule has 1 aliphatic rings. The minimum absolute atomic E-state index is 0.0538. The van der Waals surface area contributed by atoms with Crippen LogP contribution in [0.25, 0.3) is 0 Å². The van der Waals surface area contributed by atoms with Gasteiger partial charge in [-0.15, -0.1) is 11.8 Å². The molecule has 7 nitrogen and oxygen atoms in total. The molecule has 9 heteroatoms. The number of anilines is 1. The SMILES string of the molecule is CSc1ccc(NC(=O)c2ccc(S(=O)(=O)N3CCNC(=O)C3)cc2)cc1. The Bertz CT molecular complexity index is 942. The topological polar surface area (TPSA) is 95.6 Å². The standard InChI is InChI=1S/C18H19N3O4S2/c1-26-15-6-4-14(5-7-15)20-18(23)13-2-8-16(9-3-13)27(24,25)21-11-10-19-17(22)12-21/h2-9H,10-12H2,1H3,(H,19,22)(H,20,23). The number of nitrogens with one attached hydrogen (secondary N) is 2. The maximum atomic E-state index is 12.6. The van der Waals surface area contributed by atoms with Crippen LogP contribution in [-0.2, 0) is 14.8 Å². The van der Waals surface area contributed by atoms with E-state index < -0.39 is 10.0 Å². The smallest absolute Gasteiger partial charge is 0.255 e. The highest BCUT2D eigenvalue weighted by Crippen LogP contribution is 2.20. The quantitative estimate of drug-likeness (QED) is 0.740. The van der Waals surface area contributed by atoms with Gasteiger partial charge in [0.15, 0.2) is 0 Å². The molecule has 1 saturated heterocycles. The van der Waals surface area contributed by atoms with E-state index in [2.05, 4.69) is 10.6 Å². The number of carbonyl (C=O) groups excluding carboxylic acids is 2. The van der Waals surface area contributed by atoms with Crippen molar-refractivity contribution in [2.24, 2.45) is 0 Å². The van der Waals surface area contributed by atoms with Gasteiger partial charge in [-0.2, -0.15) is 4.31 Å². The molecule has 0 radical (unpaired) electrons. The van der Waals surface area contributed by atoms with Crippen molar-refractivity contribution in [1.82, 2.24) is 9.62 Å². The molecule has 0 saturated carbocycles. The van der Waals surface area contributed by atoms with Crippen molar-refractivity contribution in [3.8, 4) is 0 Å². The van der Waals surface area contributed by atoms with Crippen molar-refractivity contribution in [2.45, 2.75) is 9.79 Å². The van der Waals surface area contributed by atoms with Crippen LogP contribution in [0, 0.1) is 0 Å². The van der Waals surface area contributed by atoms with Gasteiger partial charge in [0.05, 0.1) is 11.4 Å². The van der Waals surface area contributed by atoms with Crippen LogP contribution in [0.5, 0.6) is 0 Å². The molecule has 0 unspecified atom stereocenters. The number of sulfonamides is 1. The summed E-state index contributed by atoms with van der Waals surface area (Å²) in [5, 5.41) is 5.37. The Hall–Kier alpha value is -2.36. The van der Waals surface area contributed by atoms with Gasteiger partial charge in [-0.1, -0.05) is 0 Å². The van der Waals surface area contributed by atoms with E-state index in [1.54, 1.807) is 11.8 Å². The van der Waals surface area contributed by atoms with E-state index in [4.69, 9.17) is 0 Å². The summed E-state index contributed by atoms with van der Waals surface area (Å²) in [7, 11) is -3.77. The Morgan fingerprint density at radius 2 is 1.78 bits per heavy atom. The second kappa shape index (κ2) is 8.12. The third-order valence-electron chi connectivity index (χ3n) is 4.11. The minimum atomic E-state index is -3.77. The summed E-state index contributed by atoms with van der Waals surface area (Å²) in [6.45, 7) is 0.312. The van der Waals surface area contributed by atoms with E-state index in [-0.39, 0.29) is 36.3 Å². The van der Waals surface area contributed by atoms with E-state index in [1.165, 1.54) is 24.3 Å². The van der Waals surface area contributed by atoms with Gasteiger partial charge in [-0.3, -0.25) is 9.59 Å². The van der Waals surface area contributed by atoms with Gasteiger partial charge in [0, 0.05) is 29.2 Å². The lowest BCUT2D eigenvalue weighted by atomic mass is 10.2. The highest BCUT2D eigenvalue weighted by molar-refractivity contribution is 7.98. The van der Waals surface area contributed by atoms with Gasteiger partial charge < -0.3 is 10.6 Å². The molecular weight excluding hydrogens is 386 g/mol. The van der Waals surface area contributed by atoms with Crippen LogP contribution in [0.2, 0.25) is 0 Å². The summed E-state index contributed by atoms with van der Waals surface area (Å²) >= 11 is 1.61. The molecule has 142 valence electrons. The Kier molecular flexibility index (Phi) is 5.83. The molecule has 2 aromatic rings. The Balaban J connectivity index is 1.72. The van der Waals surface area contributed by atoms with E-state index >= 15 is 0 Å². The van der Waals surface area contributed by atoms with Crippen molar-refractivity contribution in [2.75, 3.05) is 31.2 Å². The molecule has 0 aliphatic carbocycles. The normalized spacial score (nSPS) is 15.2. The Morgan fingerprint density at radius 1 is 1.11 bits per heavy atom. The zero-order chi connectivity index (χ0) is 19.4. The first-order valence-electron chi connectivity index (χ1n) is 8.22. The number of hydrogen-bond acceptors (Lipinski definition) is 5. The van der Waals surface area contributed by atoms with Gasteiger partial charge in [0.2, 0.25) is 15.9 Å². The van der Waals surface area contributed by atoms with E-state index in [9.17, 15) is 18.0 Å². The molecule has 0 spiro atoms. The molecular formula is C18H19N3O4S2. The van der Waals surface area contributed by atoms with Gasteiger partial charge >= 0.3 is 0 Å². The Morgan fingerprint density at radius 3 is 2.37 bits per heavy atom. The van der Waals surface area contributed by atoms with Crippen LogP contribution in [0.1, 0.15) is 10.4 Å². The highest BCUT2D eigenvalue weighted by Gasteiger charge is 2.29. The van der Waals surface area contributed by atoms with Gasteiger partial charge in [-0.05, 0) is 54.8 Å². The fraction of sp³-hybridized carbons (Fsp3) is 0.222. The van der Waals surface area contributed by atoms with Gasteiger partial charge in [0.25, 0.3) is 5.91 Å². The number of benzene rings is 2. The summed E-state index contributed by atoms with van der Waals surface area (Å²) in [5.74, 6) is -0.651. The summed E-state index contributed by atoms with van der Waals surface area (Å²) in [5.41, 5.74) is 1.01. The fourth-order valence-corrected chi connectivity index (χ4v) is 4.43. The van der Waals surface area contributed by atoms with E-state index in [0.717, 1.165) is 9.20 Å². The zero-order valence-corrected chi connectivity index (χ0v) is 16.3. The number of piperazine rings is 1. The van der Waals surface area contributed by atoms with E-state index in [0.29, 0.717) is 11.3 Å². The second-order valence-electron chi connectivity index (χ2n) is 5.90. The van der Waals surface area contributed by atoms with Crippen LogP contribution >= 0.6 is 11.8 Å². The molecule has 1 heterocycles. The fourth-order valence-electron chi connectivity index (χ4n) is 2.63. The van der Waals surface area contributed by atoms with Crippen LogP contribution in [0.15, 0.2) is 58.3 Å². The molecule has 0 bridgehead atoms. The maximum Gasteiger partial charge on any atom is 0.255 e. The average molecular weight is 406 g/mol. The molecule has 2 N–H and O–H groups in total. The molecule has 1 fully saturated rings.